The van der Waals surface area contributed by atoms with Crippen LogP contribution in [0.4, 0.5) is 5.69 Å². The largest absolute Gasteiger partial charge is 0.370 e. The Morgan fingerprint density at radius 3 is 2.43 bits per heavy atom. The summed E-state index contributed by atoms with van der Waals surface area (Å²) in [5.41, 5.74) is 2.95. The van der Waals surface area contributed by atoms with Crippen LogP contribution in [0.2, 0.25) is 0 Å². The van der Waals surface area contributed by atoms with E-state index in [-0.39, 0.29) is 0 Å². The quantitative estimate of drug-likeness (QED) is 0.709. The molecule has 2 heteroatoms. The second-order valence-electron chi connectivity index (χ2n) is 5.16. The number of hydrogen-bond acceptors (Lipinski definition) is 2. The van der Waals surface area contributed by atoms with Crippen molar-refractivity contribution in [3.8, 4) is 6.07 Å². The topological polar surface area (TPSA) is 27.0 Å². The Morgan fingerprint density at radius 2 is 1.62 bits per heavy atom. The van der Waals surface area contributed by atoms with Crippen molar-refractivity contribution in [2.75, 3.05) is 11.9 Å². The van der Waals surface area contributed by atoms with E-state index >= 15 is 0 Å². The van der Waals surface area contributed by atoms with Gasteiger partial charge in [-0.25, -0.2) is 0 Å². The Kier molecular flexibility index (Phi) is 3.57. The summed E-state index contributed by atoms with van der Waals surface area (Å²) in [6.45, 7) is 0.724. The summed E-state index contributed by atoms with van der Waals surface area (Å²) in [6.07, 6.45) is 0. The fraction of sp³-hybridized carbons (Fsp3) is 0.105. The highest BCUT2D eigenvalue weighted by atomic mass is 15.1. The third-order valence-corrected chi connectivity index (χ3v) is 3.72. The Hall–Kier alpha value is -2.79. The highest BCUT2D eigenvalue weighted by Crippen LogP contribution is 2.23. The number of anilines is 1. The van der Waals surface area contributed by atoms with Gasteiger partial charge in [0.15, 0.2) is 0 Å². The minimum atomic E-state index is 0.724. The maximum atomic E-state index is 9.17. The van der Waals surface area contributed by atoms with E-state index in [2.05, 4.69) is 60.5 Å². The molecule has 0 amide bonds. The van der Waals surface area contributed by atoms with E-state index in [1.807, 2.05) is 24.3 Å². The first-order valence-electron chi connectivity index (χ1n) is 6.96. The summed E-state index contributed by atoms with van der Waals surface area (Å²) in [5, 5.41) is 11.6. The fourth-order valence-electron chi connectivity index (χ4n) is 2.53. The van der Waals surface area contributed by atoms with Crippen LogP contribution < -0.4 is 4.90 Å². The van der Waals surface area contributed by atoms with Gasteiger partial charge in [0, 0.05) is 19.3 Å². The molecule has 3 rings (SSSR count). The monoisotopic (exact) mass is 272 g/mol. The molecule has 0 aliphatic carbocycles. The van der Waals surface area contributed by atoms with Gasteiger partial charge < -0.3 is 4.90 Å². The zero-order chi connectivity index (χ0) is 14.7. The number of nitriles is 1. The number of nitrogens with zero attached hydrogens (tertiary/aromatic N) is 2. The van der Waals surface area contributed by atoms with Crippen molar-refractivity contribution < 1.29 is 0 Å². The summed E-state index contributed by atoms with van der Waals surface area (Å²) in [5.74, 6) is 0. The minimum Gasteiger partial charge on any atom is -0.370 e. The van der Waals surface area contributed by atoms with E-state index < -0.39 is 0 Å². The van der Waals surface area contributed by atoms with E-state index in [9.17, 15) is 5.26 Å². The molecular formula is C19H16N2. The van der Waals surface area contributed by atoms with Gasteiger partial charge in [-0.1, -0.05) is 48.5 Å². The van der Waals surface area contributed by atoms with Gasteiger partial charge in [0.05, 0.1) is 11.6 Å². The highest BCUT2D eigenvalue weighted by molar-refractivity contribution is 5.85. The lowest BCUT2D eigenvalue weighted by Gasteiger charge is -2.20. The van der Waals surface area contributed by atoms with Crippen molar-refractivity contribution in [2.45, 2.75) is 6.54 Å². The van der Waals surface area contributed by atoms with E-state index in [0.717, 1.165) is 23.4 Å². The van der Waals surface area contributed by atoms with Crippen molar-refractivity contribution in [2.24, 2.45) is 0 Å². The second-order valence-corrected chi connectivity index (χ2v) is 5.16. The maximum Gasteiger partial charge on any atom is 0.0995 e. The number of benzene rings is 3. The van der Waals surface area contributed by atoms with Gasteiger partial charge in [-0.3, -0.25) is 0 Å². The van der Waals surface area contributed by atoms with Crippen LogP contribution in [0.5, 0.6) is 0 Å². The van der Waals surface area contributed by atoms with Gasteiger partial charge in [-0.2, -0.15) is 5.26 Å². The van der Waals surface area contributed by atoms with Crippen molar-refractivity contribution in [1.29, 1.82) is 5.26 Å². The molecule has 0 radical (unpaired) electrons. The van der Waals surface area contributed by atoms with Gasteiger partial charge in [0.1, 0.15) is 0 Å². The Bertz CT molecular complexity index is 815. The molecule has 3 aromatic rings. The third kappa shape index (κ3) is 2.73. The van der Waals surface area contributed by atoms with Crippen LogP contribution in [0.25, 0.3) is 10.8 Å². The first-order chi connectivity index (χ1) is 10.3. The van der Waals surface area contributed by atoms with Gasteiger partial charge in [-0.05, 0) is 34.5 Å². The fourth-order valence-corrected chi connectivity index (χ4v) is 2.53. The second kappa shape index (κ2) is 5.68. The third-order valence-electron chi connectivity index (χ3n) is 3.72. The standard InChI is InChI=1S/C19H16N2/c1-21(14-18-9-5-4-8-17(18)13-20)19-11-10-15-6-2-3-7-16(15)12-19/h2-12H,14H2,1H3. The summed E-state index contributed by atoms with van der Waals surface area (Å²) in [7, 11) is 2.05. The van der Waals surface area contributed by atoms with Gasteiger partial charge in [0.25, 0.3) is 0 Å². The molecule has 0 bridgehead atoms. The highest BCUT2D eigenvalue weighted by Gasteiger charge is 2.06. The lowest BCUT2D eigenvalue weighted by Crippen LogP contribution is -2.17. The Balaban J connectivity index is 1.90. The molecule has 0 unspecified atom stereocenters. The average molecular weight is 272 g/mol. The van der Waals surface area contributed by atoms with Crippen molar-refractivity contribution >= 4 is 16.5 Å². The van der Waals surface area contributed by atoms with Crippen LogP contribution in [0, 0.1) is 11.3 Å². The van der Waals surface area contributed by atoms with Crippen molar-refractivity contribution in [3.05, 3.63) is 77.9 Å². The van der Waals surface area contributed by atoms with E-state index in [4.69, 9.17) is 0 Å². The van der Waals surface area contributed by atoms with Crippen LogP contribution >= 0.6 is 0 Å². The molecule has 3 aromatic carbocycles. The van der Waals surface area contributed by atoms with Crippen molar-refractivity contribution in [1.82, 2.24) is 0 Å². The predicted octanol–water partition coefficient (Wildman–Crippen LogP) is 4.35. The lowest BCUT2D eigenvalue weighted by atomic mass is 10.1. The molecule has 0 atom stereocenters. The molecule has 0 N–H and O–H groups in total. The Morgan fingerprint density at radius 1 is 0.905 bits per heavy atom. The predicted molar refractivity (Wildman–Crippen MR) is 87.2 cm³/mol. The van der Waals surface area contributed by atoms with E-state index in [1.54, 1.807) is 0 Å². The molecule has 0 saturated carbocycles. The Labute approximate surface area is 124 Å². The molecule has 0 aliphatic heterocycles. The molecule has 21 heavy (non-hydrogen) atoms. The molecule has 102 valence electrons. The van der Waals surface area contributed by atoms with Crippen LogP contribution in [0.1, 0.15) is 11.1 Å². The molecule has 0 spiro atoms. The molecule has 0 saturated heterocycles. The minimum absolute atomic E-state index is 0.724. The average Bonchev–Trinajstić information content (AvgIpc) is 2.55. The number of rotatable bonds is 3. The van der Waals surface area contributed by atoms with Gasteiger partial charge in [0.2, 0.25) is 0 Å². The van der Waals surface area contributed by atoms with Crippen LogP contribution in [0.3, 0.4) is 0 Å². The zero-order valence-electron chi connectivity index (χ0n) is 12.0. The van der Waals surface area contributed by atoms with Crippen LogP contribution in [0.15, 0.2) is 66.7 Å². The number of hydrogen-bond donors (Lipinski definition) is 0. The first-order valence-corrected chi connectivity index (χ1v) is 6.96. The summed E-state index contributed by atoms with van der Waals surface area (Å²) in [4.78, 5) is 2.17. The van der Waals surface area contributed by atoms with Crippen LogP contribution in [-0.2, 0) is 6.54 Å². The lowest BCUT2D eigenvalue weighted by molar-refractivity contribution is 0.921. The van der Waals surface area contributed by atoms with Gasteiger partial charge in [-0.15, -0.1) is 0 Å². The molecule has 0 aromatic heterocycles. The molecule has 2 nitrogen and oxygen atoms in total. The van der Waals surface area contributed by atoms with Crippen molar-refractivity contribution in [3.63, 3.8) is 0 Å². The molecule has 0 fully saturated rings. The summed E-state index contributed by atoms with van der Waals surface area (Å²) < 4.78 is 0. The smallest absolute Gasteiger partial charge is 0.0995 e. The molecular weight excluding hydrogens is 256 g/mol. The first kappa shape index (κ1) is 13.2. The van der Waals surface area contributed by atoms with E-state index in [0.29, 0.717) is 0 Å². The van der Waals surface area contributed by atoms with E-state index in [1.165, 1.54) is 10.8 Å². The summed E-state index contributed by atoms with van der Waals surface area (Å²) in [6, 6.07) is 24.8. The normalized spacial score (nSPS) is 10.3. The van der Waals surface area contributed by atoms with Gasteiger partial charge >= 0.3 is 0 Å². The molecule has 0 aliphatic rings. The van der Waals surface area contributed by atoms with Crippen LogP contribution in [-0.4, -0.2) is 7.05 Å². The number of fused-ring (bicyclic) bond motifs is 1. The summed E-state index contributed by atoms with van der Waals surface area (Å²) >= 11 is 0. The molecule has 0 heterocycles. The maximum absolute atomic E-state index is 9.17. The SMILES string of the molecule is CN(Cc1ccccc1C#N)c1ccc2ccccc2c1. The zero-order valence-corrected chi connectivity index (χ0v) is 12.0.